The number of halogens is 1. The second-order valence-electron chi connectivity index (χ2n) is 17.0. The highest BCUT2D eigenvalue weighted by Crippen LogP contribution is 2.75. The zero-order valence-corrected chi connectivity index (χ0v) is 29.5. The van der Waals surface area contributed by atoms with E-state index in [1.807, 2.05) is 6.07 Å². The lowest BCUT2D eigenvalue weighted by Crippen LogP contribution is -2.67. The third-order valence-corrected chi connectivity index (χ3v) is 16.8. The van der Waals surface area contributed by atoms with Gasteiger partial charge in [-0.05, 0) is 146 Å². The van der Waals surface area contributed by atoms with Crippen LogP contribution in [0.25, 0.3) is 5.57 Å². The number of hydrogen-bond acceptors (Lipinski definition) is 4. The number of nitrogens with zero attached hydrogens (tertiary/aromatic N) is 1. The molecule has 9 atom stereocenters. The van der Waals surface area contributed by atoms with Gasteiger partial charge in [-0.3, -0.25) is 4.21 Å². The molecule has 1 aromatic carbocycles. The third-order valence-electron chi connectivity index (χ3n) is 15.5. The molecule has 2 N–H and O–H groups in total. The van der Waals surface area contributed by atoms with E-state index in [1.165, 1.54) is 81.9 Å². The minimum absolute atomic E-state index is 0.229. The average molecular weight is 653 g/mol. The fourth-order valence-electron chi connectivity index (χ4n) is 12.9. The largest absolute Gasteiger partial charge is 0.478 e. The standard InChI is InChI=1S/C39H57FN2O3S/c1-26-28(27-8-9-29(35(43)44)33(40)25-27)12-15-36(2)30(26)13-16-38(4)34(36)11-10-31-32-7-5-14-39(32,18-17-37(31,38)3)41-19-6-20-42-21-23-46(45)24-22-42/h8-9,12,25-26,30-32,34,41H,5-7,10-11,13-24H2,1-4H3,(H,43,44)/t26?,30?,31?,32?,34?,36?,37-,38?,39?/m1/s1. The van der Waals surface area contributed by atoms with Crippen molar-refractivity contribution in [3.63, 3.8) is 0 Å². The van der Waals surface area contributed by atoms with E-state index in [9.17, 15) is 18.5 Å². The molecule has 5 nitrogen and oxygen atoms in total. The van der Waals surface area contributed by atoms with Gasteiger partial charge in [0.2, 0.25) is 0 Å². The Morgan fingerprint density at radius 3 is 2.52 bits per heavy atom. The Morgan fingerprint density at radius 1 is 1.00 bits per heavy atom. The van der Waals surface area contributed by atoms with Crippen LogP contribution in [-0.4, -0.2) is 63.4 Å². The van der Waals surface area contributed by atoms with E-state index in [1.54, 1.807) is 0 Å². The molecule has 5 aliphatic carbocycles. The molecule has 4 saturated carbocycles. The lowest BCUT2D eigenvalue weighted by Gasteiger charge is -2.71. The van der Waals surface area contributed by atoms with Gasteiger partial charge in [0, 0.05) is 40.9 Å². The van der Waals surface area contributed by atoms with Crippen molar-refractivity contribution in [2.24, 2.45) is 45.8 Å². The first kappa shape index (κ1) is 33.0. The summed E-state index contributed by atoms with van der Waals surface area (Å²) in [5.41, 5.74) is 3.04. The number of carboxylic acid groups (broad SMARTS) is 1. The van der Waals surface area contributed by atoms with Crippen molar-refractivity contribution in [2.75, 3.05) is 37.7 Å². The molecule has 0 radical (unpaired) electrons. The highest BCUT2D eigenvalue weighted by Gasteiger charge is 2.68. The summed E-state index contributed by atoms with van der Waals surface area (Å²) in [5, 5.41) is 13.6. The lowest BCUT2D eigenvalue weighted by atomic mass is 9.34. The van der Waals surface area contributed by atoms with Crippen LogP contribution in [0.3, 0.4) is 0 Å². The molecule has 8 unspecified atom stereocenters. The predicted molar refractivity (Wildman–Crippen MR) is 185 cm³/mol. The molecule has 5 fully saturated rings. The maximum Gasteiger partial charge on any atom is 0.338 e. The summed E-state index contributed by atoms with van der Waals surface area (Å²) in [5.74, 6) is 3.00. The van der Waals surface area contributed by atoms with Crippen molar-refractivity contribution in [1.29, 1.82) is 0 Å². The number of hydrogen-bond donors (Lipinski definition) is 2. The van der Waals surface area contributed by atoms with E-state index in [4.69, 9.17) is 0 Å². The van der Waals surface area contributed by atoms with Crippen LogP contribution in [0.5, 0.6) is 0 Å². The number of carboxylic acids is 1. The number of fused-ring (bicyclic) bond motifs is 7. The fourth-order valence-corrected chi connectivity index (χ4v) is 14.0. The lowest BCUT2D eigenvalue weighted by molar-refractivity contribution is -0.211. The summed E-state index contributed by atoms with van der Waals surface area (Å²) in [4.78, 5) is 13.9. The Balaban J connectivity index is 1.07. The molecule has 7 rings (SSSR count). The zero-order chi connectivity index (χ0) is 32.5. The number of benzene rings is 1. The van der Waals surface area contributed by atoms with Gasteiger partial charge in [0.25, 0.3) is 0 Å². The summed E-state index contributed by atoms with van der Waals surface area (Å²) >= 11 is 0. The first-order chi connectivity index (χ1) is 21.9. The van der Waals surface area contributed by atoms with Gasteiger partial charge in [-0.1, -0.05) is 46.3 Å². The van der Waals surface area contributed by atoms with Crippen molar-refractivity contribution in [1.82, 2.24) is 10.2 Å². The zero-order valence-electron chi connectivity index (χ0n) is 28.7. The van der Waals surface area contributed by atoms with Crippen LogP contribution in [-0.2, 0) is 10.8 Å². The van der Waals surface area contributed by atoms with Crippen LogP contribution >= 0.6 is 0 Å². The summed E-state index contributed by atoms with van der Waals surface area (Å²) < 4.78 is 26.5. The monoisotopic (exact) mass is 652 g/mol. The van der Waals surface area contributed by atoms with E-state index in [0.29, 0.717) is 34.1 Å². The molecule has 0 bridgehead atoms. The molecule has 1 aliphatic heterocycles. The minimum atomic E-state index is -1.21. The van der Waals surface area contributed by atoms with Crippen LogP contribution in [0.4, 0.5) is 4.39 Å². The molecule has 1 aromatic rings. The SMILES string of the molecule is CC1C(c2ccc(C(=O)O)c(F)c2)=CCC2(C)C1CCC1(C)C2CCC2C3CCCC3(NCCCN3CCS(=O)CC3)CC[C@]21C. The molecular formula is C39H57FN2O3S. The van der Waals surface area contributed by atoms with Crippen LogP contribution in [0.2, 0.25) is 0 Å². The normalized spacial score (nSPS) is 42.8. The Bertz CT molecular complexity index is 1410. The molecule has 7 heteroatoms. The van der Waals surface area contributed by atoms with E-state index in [-0.39, 0.29) is 11.0 Å². The summed E-state index contributed by atoms with van der Waals surface area (Å²) in [6, 6.07) is 4.71. The van der Waals surface area contributed by atoms with Gasteiger partial charge in [-0.25, -0.2) is 9.18 Å². The van der Waals surface area contributed by atoms with Crippen LogP contribution < -0.4 is 5.32 Å². The molecule has 1 heterocycles. The second-order valence-corrected chi connectivity index (χ2v) is 18.7. The highest BCUT2D eigenvalue weighted by molar-refractivity contribution is 7.85. The summed E-state index contributed by atoms with van der Waals surface area (Å²) in [6.45, 7) is 14.6. The Labute approximate surface area is 279 Å². The maximum atomic E-state index is 14.7. The van der Waals surface area contributed by atoms with Gasteiger partial charge < -0.3 is 15.3 Å². The number of nitrogens with one attached hydrogen (secondary N) is 1. The molecular weight excluding hydrogens is 596 g/mol. The Morgan fingerprint density at radius 2 is 1.78 bits per heavy atom. The average Bonchev–Trinajstić information content (AvgIpc) is 3.44. The second kappa shape index (κ2) is 12.1. The summed E-state index contributed by atoms with van der Waals surface area (Å²) in [7, 11) is -0.600. The fraction of sp³-hybridized carbons (Fsp3) is 0.769. The molecule has 254 valence electrons. The number of allylic oxidation sites excluding steroid dienone is 2. The molecule has 6 aliphatic rings. The smallest absolute Gasteiger partial charge is 0.338 e. The first-order valence-corrected chi connectivity index (χ1v) is 20.0. The van der Waals surface area contributed by atoms with Crippen molar-refractivity contribution >= 4 is 22.3 Å². The number of carbonyl (C=O) groups is 1. The van der Waals surface area contributed by atoms with Crippen LogP contribution in [0.1, 0.15) is 114 Å². The van der Waals surface area contributed by atoms with Crippen LogP contribution in [0.15, 0.2) is 24.3 Å². The topological polar surface area (TPSA) is 69.6 Å². The van der Waals surface area contributed by atoms with Gasteiger partial charge in [0.05, 0.1) is 5.56 Å². The van der Waals surface area contributed by atoms with Gasteiger partial charge >= 0.3 is 5.97 Å². The highest BCUT2D eigenvalue weighted by atomic mass is 32.2. The molecule has 1 saturated heterocycles. The van der Waals surface area contributed by atoms with Crippen molar-refractivity contribution in [3.8, 4) is 0 Å². The first-order valence-electron chi connectivity index (χ1n) is 18.5. The van der Waals surface area contributed by atoms with Crippen molar-refractivity contribution < 1.29 is 18.5 Å². The molecule has 0 aromatic heterocycles. The minimum Gasteiger partial charge on any atom is -0.478 e. The third kappa shape index (κ3) is 5.11. The number of rotatable bonds is 7. The van der Waals surface area contributed by atoms with E-state index in [2.05, 4.69) is 44.0 Å². The van der Waals surface area contributed by atoms with Gasteiger partial charge in [0.1, 0.15) is 5.82 Å². The number of aromatic carboxylic acids is 1. The molecule has 46 heavy (non-hydrogen) atoms. The van der Waals surface area contributed by atoms with E-state index in [0.717, 1.165) is 61.5 Å². The summed E-state index contributed by atoms with van der Waals surface area (Å²) in [6.07, 6.45) is 16.5. The van der Waals surface area contributed by atoms with Crippen LogP contribution in [0, 0.1) is 51.7 Å². The quantitative estimate of drug-likeness (QED) is 0.295. The van der Waals surface area contributed by atoms with Crippen molar-refractivity contribution in [2.45, 2.75) is 104 Å². The van der Waals surface area contributed by atoms with E-state index < -0.39 is 22.6 Å². The van der Waals surface area contributed by atoms with Gasteiger partial charge in [-0.15, -0.1) is 0 Å². The molecule has 0 spiro atoms. The van der Waals surface area contributed by atoms with E-state index >= 15 is 0 Å². The van der Waals surface area contributed by atoms with Crippen molar-refractivity contribution in [3.05, 3.63) is 41.2 Å². The molecule has 0 amide bonds. The Hall–Kier alpha value is -1.57. The maximum absolute atomic E-state index is 14.7. The predicted octanol–water partition coefficient (Wildman–Crippen LogP) is 7.78. The van der Waals surface area contributed by atoms with Gasteiger partial charge in [0.15, 0.2) is 0 Å². The van der Waals surface area contributed by atoms with Gasteiger partial charge in [-0.2, -0.15) is 0 Å². The Kier molecular flexibility index (Phi) is 8.66.